The highest BCUT2D eigenvalue weighted by molar-refractivity contribution is 6.32. The number of alkyl halides is 2. The van der Waals surface area contributed by atoms with Gasteiger partial charge in [0.05, 0.1) is 6.07 Å². The lowest BCUT2D eigenvalue weighted by molar-refractivity contribution is -0.110. The molecule has 0 spiro atoms. The minimum Gasteiger partial charge on any atom is -0.301 e. The molecule has 0 saturated carbocycles. The Hall–Kier alpha value is -0.260. The monoisotopic (exact) mass is 193 g/mol. The number of hydrogen-bond acceptors (Lipinski definition) is 2. The Bertz CT molecular complexity index is 178. The van der Waals surface area contributed by atoms with Crippen molar-refractivity contribution in [1.82, 2.24) is 0 Å². The van der Waals surface area contributed by atoms with Crippen molar-refractivity contribution in [1.29, 1.82) is 5.26 Å². The zero-order chi connectivity index (χ0) is 8.91. The summed E-state index contributed by atoms with van der Waals surface area (Å²) in [5, 5.41) is 7.65. The Kier molecular flexibility index (Phi) is 4.48. The average molecular weight is 194 g/mol. The Labute approximate surface area is 76.1 Å². The van der Waals surface area contributed by atoms with Crippen LogP contribution in [0.1, 0.15) is 19.8 Å². The average Bonchev–Trinajstić information content (AvgIpc) is 2.04. The highest BCUT2D eigenvalue weighted by Gasteiger charge is 2.27. The van der Waals surface area contributed by atoms with Crippen LogP contribution in [0.5, 0.6) is 0 Å². The van der Waals surface area contributed by atoms with Gasteiger partial charge in [-0.3, -0.25) is 0 Å². The fraction of sp³-hybridized carbons (Fsp3) is 0.714. The summed E-state index contributed by atoms with van der Waals surface area (Å²) in [4.78, 5) is 9.45. The van der Waals surface area contributed by atoms with Gasteiger partial charge in [0.2, 0.25) is 0 Å². The molecule has 0 aliphatic carbocycles. The molecule has 0 heterocycles. The van der Waals surface area contributed by atoms with Crippen LogP contribution in [0.15, 0.2) is 0 Å². The Balaban J connectivity index is 4.09. The summed E-state index contributed by atoms with van der Waals surface area (Å²) in [6.45, 7) is 1.78. The van der Waals surface area contributed by atoms with Crippen LogP contribution >= 0.6 is 23.2 Å². The largest absolute Gasteiger partial charge is 0.301 e. The van der Waals surface area contributed by atoms with E-state index in [0.717, 1.165) is 0 Å². The minimum absolute atomic E-state index is 0.201. The maximum absolute atomic E-state index is 10.4. The maximum atomic E-state index is 10.4. The fourth-order valence-electron chi connectivity index (χ4n) is 0.619. The van der Waals surface area contributed by atoms with Gasteiger partial charge in [-0.2, -0.15) is 5.26 Å². The minimum atomic E-state index is -0.956. The van der Waals surface area contributed by atoms with Crippen molar-refractivity contribution >= 4 is 29.5 Å². The number of nitriles is 1. The summed E-state index contributed by atoms with van der Waals surface area (Å²) >= 11 is 11.3. The molecule has 62 valence electrons. The number of carbonyl (C=O) groups is 1. The van der Waals surface area contributed by atoms with Crippen molar-refractivity contribution in [2.75, 3.05) is 0 Å². The first-order chi connectivity index (χ1) is 5.08. The van der Waals surface area contributed by atoms with Crippen molar-refractivity contribution in [2.24, 2.45) is 0 Å². The van der Waals surface area contributed by atoms with Gasteiger partial charge in [-0.25, -0.2) is 0 Å². The van der Waals surface area contributed by atoms with Crippen molar-refractivity contribution in [3.05, 3.63) is 0 Å². The number of hydrogen-bond donors (Lipinski definition) is 0. The van der Waals surface area contributed by atoms with Gasteiger partial charge < -0.3 is 4.79 Å². The molecule has 0 radical (unpaired) electrons. The topological polar surface area (TPSA) is 40.9 Å². The molecule has 2 nitrogen and oxygen atoms in total. The lowest BCUT2D eigenvalue weighted by Gasteiger charge is -2.17. The van der Waals surface area contributed by atoms with E-state index in [-0.39, 0.29) is 6.42 Å². The Morgan fingerprint density at radius 3 is 2.64 bits per heavy atom. The molecule has 0 bridgehead atoms. The number of rotatable bonds is 4. The first-order valence-corrected chi connectivity index (χ1v) is 4.08. The number of carbonyl (C=O) groups excluding carboxylic acids is 1. The zero-order valence-electron chi connectivity index (χ0n) is 6.18. The third kappa shape index (κ3) is 3.60. The maximum Gasteiger partial charge on any atom is 0.140 e. The summed E-state index contributed by atoms with van der Waals surface area (Å²) in [5.74, 6) is 0. The third-order valence-electron chi connectivity index (χ3n) is 1.46. The quantitative estimate of drug-likeness (QED) is 0.507. The second kappa shape index (κ2) is 4.58. The number of halogens is 2. The van der Waals surface area contributed by atoms with Gasteiger partial charge in [0.1, 0.15) is 16.5 Å². The van der Waals surface area contributed by atoms with Crippen LogP contribution in [-0.4, -0.2) is 16.5 Å². The first kappa shape index (κ1) is 10.7. The highest BCUT2D eigenvalue weighted by Crippen LogP contribution is 2.24. The Morgan fingerprint density at radius 1 is 1.82 bits per heavy atom. The van der Waals surface area contributed by atoms with Gasteiger partial charge in [0.15, 0.2) is 0 Å². The van der Waals surface area contributed by atoms with E-state index >= 15 is 0 Å². The predicted molar refractivity (Wildman–Crippen MR) is 44.8 cm³/mol. The molecular formula is C7H9Cl2NO. The molecule has 0 aliphatic heterocycles. The van der Waals surface area contributed by atoms with Gasteiger partial charge in [-0.15, -0.1) is 23.2 Å². The molecule has 0 aliphatic rings. The summed E-state index contributed by atoms with van der Waals surface area (Å²) in [6.07, 6.45) is 1.33. The van der Waals surface area contributed by atoms with Crippen LogP contribution in [0, 0.1) is 11.3 Å². The summed E-state index contributed by atoms with van der Waals surface area (Å²) in [6, 6.07) is 1.81. The lowest BCUT2D eigenvalue weighted by Crippen LogP contribution is -2.25. The van der Waals surface area contributed by atoms with E-state index < -0.39 is 10.3 Å². The van der Waals surface area contributed by atoms with Crippen molar-refractivity contribution in [3.63, 3.8) is 0 Å². The van der Waals surface area contributed by atoms with Gasteiger partial charge >= 0.3 is 0 Å². The zero-order valence-corrected chi connectivity index (χ0v) is 7.69. The van der Waals surface area contributed by atoms with Gasteiger partial charge in [0.25, 0.3) is 0 Å². The molecule has 0 aromatic heterocycles. The molecule has 0 rings (SSSR count). The molecule has 4 heteroatoms. The van der Waals surface area contributed by atoms with Crippen LogP contribution in [0.2, 0.25) is 0 Å². The van der Waals surface area contributed by atoms with Crippen LogP contribution < -0.4 is 0 Å². The molecule has 2 atom stereocenters. The summed E-state index contributed by atoms with van der Waals surface area (Å²) < 4.78 is 0. The van der Waals surface area contributed by atoms with E-state index in [9.17, 15) is 4.79 Å². The SMILES string of the molecule is CCC(Cl)(C=O)CC(Cl)C#N. The Morgan fingerprint density at radius 2 is 2.36 bits per heavy atom. The van der Waals surface area contributed by atoms with Crippen LogP contribution in [0.3, 0.4) is 0 Å². The molecule has 0 amide bonds. The van der Waals surface area contributed by atoms with E-state index in [1.54, 1.807) is 6.92 Å². The number of nitrogens with zero attached hydrogens (tertiary/aromatic N) is 1. The lowest BCUT2D eigenvalue weighted by atomic mass is 10.0. The summed E-state index contributed by atoms with van der Waals surface area (Å²) in [5.41, 5.74) is 0. The van der Waals surface area contributed by atoms with Crippen molar-refractivity contribution in [3.8, 4) is 6.07 Å². The van der Waals surface area contributed by atoms with E-state index in [4.69, 9.17) is 28.5 Å². The molecule has 0 N–H and O–H groups in total. The molecule has 0 aromatic carbocycles. The van der Waals surface area contributed by atoms with Gasteiger partial charge in [-0.1, -0.05) is 6.92 Å². The molecule has 2 unspecified atom stereocenters. The van der Waals surface area contributed by atoms with Crippen molar-refractivity contribution < 1.29 is 4.79 Å². The third-order valence-corrected chi connectivity index (χ3v) is 2.22. The van der Waals surface area contributed by atoms with E-state index in [2.05, 4.69) is 0 Å². The molecule has 0 fully saturated rings. The molecule has 0 aromatic rings. The molecule has 0 saturated heterocycles. The van der Waals surface area contributed by atoms with E-state index in [1.807, 2.05) is 6.07 Å². The normalized spacial score (nSPS) is 18.0. The number of aldehydes is 1. The standard InChI is InChI=1S/C7H9Cl2NO/c1-2-7(9,5-11)3-6(8)4-10/h5-6H,2-3H2,1H3. The second-order valence-electron chi connectivity index (χ2n) is 2.31. The fourth-order valence-corrected chi connectivity index (χ4v) is 1.13. The smallest absolute Gasteiger partial charge is 0.140 e. The van der Waals surface area contributed by atoms with E-state index in [0.29, 0.717) is 12.7 Å². The van der Waals surface area contributed by atoms with Crippen LogP contribution in [0.4, 0.5) is 0 Å². The van der Waals surface area contributed by atoms with E-state index in [1.165, 1.54) is 0 Å². The van der Waals surface area contributed by atoms with Gasteiger partial charge in [0, 0.05) is 6.42 Å². The molecular weight excluding hydrogens is 185 g/mol. The van der Waals surface area contributed by atoms with Crippen LogP contribution in [-0.2, 0) is 4.79 Å². The first-order valence-electron chi connectivity index (χ1n) is 3.27. The van der Waals surface area contributed by atoms with Crippen LogP contribution in [0.25, 0.3) is 0 Å². The summed E-state index contributed by atoms with van der Waals surface area (Å²) in [7, 11) is 0. The highest BCUT2D eigenvalue weighted by atomic mass is 35.5. The predicted octanol–water partition coefficient (Wildman–Crippen LogP) is 2.09. The van der Waals surface area contributed by atoms with Crippen molar-refractivity contribution in [2.45, 2.75) is 30.0 Å². The van der Waals surface area contributed by atoms with Gasteiger partial charge in [-0.05, 0) is 6.42 Å². The second-order valence-corrected chi connectivity index (χ2v) is 3.59. The molecule has 11 heavy (non-hydrogen) atoms.